The van der Waals surface area contributed by atoms with Crippen LogP contribution in [0.3, 0.4) is 0 Å². The second kappa shape index (κ2) is 7.28. The molecule has 0 heterocycles. The van der Waals surface area contributed by atoms with E-state index in [4.69, 9.17) is 5.11 Å². The van der Waals surface area contributed by atoms with Crippen LogP contribution >= 0.6 is 11.8 Å². The van der Waals surface area contributed by atoms with Crippen LogP contribution in [0.1, 0.15) is 26.7 Å². The molecule has 0 saturated carbocycles. The summed E-state index contributed by atoms with van der Waals surface area (Å²) in [5.74, 6) is -0.986. The molecule has 0 aliphatic carbocycles. The number of amides is 1. The Hall–Kier alpha value is -1.04. The highest BCUT2D eigenvalue weighted by atomic mass is 32.2. The van der Waals surface area contributed by atoms with E-state index in [2.05, 4.69) is 5.32 Å². The van der Waals surface area contributed by atoms with Crippen molar-refractivity contribution in [1.82, 2.24) is 5.32 Å². The molecule has 1 amide bonds. The molecule has 5 nitrogen and oxygen atoms in total. The molecule has 6 heteroatoms. The molecule has 0 spiro atoms. The van der Waals surface area contributed by atoms with Crippen LogP contribution in [-0.2, 0) is 14.4 Å². The fourth-order valence-corrected chi connectivity index (χ4v) is 1.47. The van der Waals surface area contributed by atoms with Crippen molar-refractivity contribution < 1.29 is 19.5 Å². The van der Waals surface area contributed by atoms with Crippen molar-refractivity contribution >= 4 is 28.8 Å². The zero-order valence-corrected chi connectivity index (χ0v) is 9.60. The first-order valence-electron chi connectivity index (χ1n) is 4.63. The van der Waals surface area contributed by atoms with Crippen LogP contribution in [-0.4, -0.2) is 33.9 Å². The smallest absolute Gasteiger partial charge is 0.326 e. The van der Waals surface area contributed by atoms with E-state index in [0.29, 0.717) is 12.2 Å². The molecule has 0 aromatic heterocycles. The van der Waals surface area contributed by atoms with E-state index in [1.165, 1.54) is 6.92 Å². The second-order valence-corrected chi connectivity index (χ2v) is 4.23. The summed E-state index contributed by atoms with van der Waals surface area (Å²) in [6.45, 7) is 3.11. The third-order valence-electron chi connectivity index (χ3n) is 1.68. The van der Waals surface area contributed by atoms with Gasteiger partial charge >= 0.3 is 5.97 Å². The van der Waals surface area contributed by atoms with Crippen LogP contribution in [0.25, 0.3) is 0 Å². The summed E-state index contributed by atoms with van der Waals surface area (Å²) in [5.41, 5.74) is 0. The van der Waals surface area contributed by atoms with Crippen molar-refractivity contribution in [3.8, 4) is 0 Å². The third-order valence-corrected chi connectivity index (χ3v) is 2.49. The molecule has 15 heavy (non-hydrogen) atoms. The Labute approximate surface area is 92.6 Å². The fourth-order valence-electron chi connectivity index (χ4n) is 0.892. The lowest BCUT2D eigenvalue weighted by molar-refractivity contribution is -0.141. The molecule has 0 saturated heterocycles. The Morgan fingerprint density at radius 3 is 2.40 bits per heavy atom. The molecule has 0 aromatic rings. The van der Waals surface area contributed by atoms with Crippen LogP contribution < -0.4 is 5.32 Å². The summed E-state index contributed by atoms with van der Waals surface area (Å²) >= 11 is 1.06. The van der Waals surface area contributed by atoms with Gasteiger partial charge in [-0.2, -0.15) is 0 Å². The van der Waals surface area contributed by atoms with Crippen LogP contribution in [0.15, 0.2) is 0 Å². The van der Waals surface area contributed by atoms with E-state index >= 15 is 0 Å². The van der Waals surface area contributed by atoms with Crippen LogP contribution in [0.5, 0.6) is 0 Å². The summed E-state index contributed by atoms with van der Waals surface area (Å²) in [4.78, 5) is 32.3. The van der Waals surface area contributed by atoms with Crippen molar-refractivity contribution in [1.29, 1.82) is 0 Å². The van der Waals surface area contributed by atoms with E-state index in [1.807, 2.05) is 0 Å². The Balaban J connectivity index is 3.81. The van der Waals surface area contributed by atoms with Gasteiger partial charge in [0, 0.05) is 19.1 Å². The maximum atomic E-state index is 11.2. The molecule has 0 aliphatic rings. The molecule has 86 valence electrons. The number of thioether (sulfide) groups is 1. The summed E-state index contributed by atoms with van der Waals surface area (Å²) < 4.78 is 0. The maximum Gasteiger partial charge on any atom is 0.326 e. The molecular weight excluding hydrogens is 218 g/mol. The normalized spacial score (nSPS) is 11.9. The second-order valence-electron chi connectivity index (χ2n) is 2.96. The summed E-state index contributed by atoms with van der Waals surface area (Å²) in [5, 5.41) is 11.0. The standard InChI is InChI=1S/C9H15NO4S/c1-3-7(9(13)14)10-8(12)4-5-15-6(2)11/h7H,3-5H2,1-2H3,(H,10,12)(H,13,14)/t7-/m0/s1. The molecule has 2 N–H and O–H groups in total. The molecule has 0 aliphatic heterocycles. The number of carbonyl (C=O) groups is 3. The quantitative estimate of drug-likeness (QED) is 0.703. The highest BCUT2D eigenvalue weighted by Crippen LogP contribution is 2.03. The van der Waals surface area contributed by atoms with E-state index < -0.39 is 12.0 Å². The van der Waals surface area contributed by atoms with Crippen molar-refractivity contribution in [3.63, 3.8) is 0 Å². The SMILES string of the molecule is CC[C@H](NC(=O)CCSC(C)=O)C(=O)O. The Morgan fingerprint density at radius 1 is 1.40 bits per heavy atom. The molecule has 0 unspecified atom stereocenters. The minimum absolute atomic E-state index is 0.0481. The van der Waals surface area contributed by atoms with Gasteiger partial charge < -0.3 is 10.4 Å². The highest BCUT2D eigenvalue weighted by molar-refractivity contribution is 8.13. The predicted molar refractivity (Wildman–Crippen MR) is 57.6 cm³/mol. The summed E-state index contributed by atoms with van der Waals surface area (Å²) in [7, 11) is 0. The van der Waals surface area contributed by atoms with Gasteiger partial charge in [0.25, 0.3) is 0 Å². The first-order chi connectivity index (χ1) is 6.97. The van der Waals surface area contributed by atoms with E-state index in [9.17, 15) is 14.4 Å². The van der Waals surface area contributed by atoms with Crippen molar-refractivity contribution in [2.45, 2.75) is 32.7 Å². The Kier molecular flexibility index (Phi) is 6.77. The first kappa shape index (κ1) is 14.0. The van der Waals surface area contributed by atoms with Gasteiger partial charge in [0.2, 0.25) is 5.91 Å². The summed E-state index contributed by atoms with van der Waals surface area (Å²) in [6.07, 6.45) is 0.509. The molecule has 0 aromatic carbocycles. The maximum absolute atomic E-state index is 11.2. The van der Waals surface area contributed by atoms with E-state index in [0.717, 1.165) is 11.8 Å². The first-order valence-corrected chi connectivity index (χ1v) is 5.61. The number of nitrogens with one attached hydrogen (secondary N) is 1. The zero-order chi connectivity index (χ0) is 11.8. The van der Waals surface area contributed by atoms with Crippen molar-refractivity contribution in [2.75, 3.05) is 5.75 Å². The van der Waals surface area contributed by atoms with Gasteiger partial charge in [0.1, 0.15) is 6.04 Å². The minimum atomic E-state index is -1.04. The molecule has 0 bridgehead atoms. The highest BCUT2D eigenvalue weighted by Gasteiger charge is 2.16. The molecule has 0 rings (SSSR count). The Bertz CT molecular complexity index is 254. The lowest BCUT2D eigenvalue weighted by atomic mass is 10.2. The minimum Gasteiger partial charge on any atom is -0.480 e. The number of rotatable bonds is 6. The number of aliphatic carboxylic acids is 1. The lowest BCUT2D eigenvalue weighted by Crippen LogP contribution is -2.40. The van der Waals surface area contributed by atoms with Gasteiger partial charge in [0.05, 0.1) is 0 Å². The van der Waals surface area contributed by atoms with Gasteiger partial charge in [-0.15, -0.1) is 0 Å². The van der Waals surface area contributed by atoms with Gasteiger partial charge in [-0.25, -0.2) is 4.79 Å². The fraction of sp³-hybridized carbons (Fsp3) is 0.667. The average molecular weight is 233 g/mol. The van der Waals surface area contributed by atoms with E-state index in [1.54, 1.807) is 6.92 Å². The topological polar surface area (TPSA) is 83.5 Å². The van der Waals surface area contributed by atoms with Crippen molar-refractivity contribution in [3.05, 3.63) is 0 Å². The average Bonchev–Trinajstić information content (AvgIpc) is 2.13. The molecule has 0 fully saturated rings. The van der Waals surface area contributed by atoms with Gasteiger partial charge in [-0.05, 0) is 6.42 Å². The van der Waals surface area contributed by atoms with Crippen LogP contribution in [0.4, 0.5) is 0 Å². The molecular formula is C9H15NO4S. The number of carbonyl (C=O) groups excluding carboxylic acids is 2. The van der Waals surface area contributed by atoms with Gasteiger partial charge in [0.15, 0.2) is 5.12 Å². The van der Waals surface area contributed by atoms with Crippen LogP contribution in [0, 0.1) is 0 Å². The monoisotopic (exact) mass is 233 g/mol. The van der Waals surface area contributed by atoms with E-state index in [-0.39, 0.29) is 17.4 Å². The number of carboxylic acids is 1. The van der Waals surface area contributed by atoms with Gasteiger partial charge in [-0.3, -0.25) is 9.59 Å². The van der Waals surface area contributed by atoms with Crippen molar-refractivity contribution in [2.24, 2.45) is 0 Å². The predicted octanol–water partition coefficient (Wildman–Crippen LogP) is 0.636. The largest absolute Gasteiger partial charge is 0.480 e. The van der Waals surface area contributed by atoms with Gasteiger partial charge in [-0.1, -0.05) is 18.7 Å². The lowest BCUT2D eigenvalue weighted by Gasteiger charge is -2.11. The molecule has 1 atom stereocenters. The molecule has 0 radical (unpaired) electrons. The number of hydrogen-bond acceptors (Lipinski definition) is 4. The number of carboxylic acid groups (broad SMARTS) is 1. The Morgan fingerprint density at radius 2 is 2.00 bits per heavy atom. The number of hydrogen-bond donors (Lipinski definition) is 2. The van der Waals surface area contributed by atoms with Crippen LogP contribution in [0.2, 0.25) is 0 Å². The third kappa shape index (κ3) is 6.96. The summed E-state index contributed by atoms with van der Waals surface area (Å²) in [6, 6.07) is -0.833. The zero-order valence-electron chi connectivity index (χ0n) is 8.78.